The lowest BCUT2D eigenvalue weighted by molar-refractivity contribution is -0.122. The van der Waals surface area contributed by atoms with Crippen LogP contribution in [0.15, 0.2) is 77.7 Å². The minimum absolute atomic E-state index is 0.133. The first-order valence-electron chi connectivity index (χ1n) is 11.2. The number of aryl methyl sites for hydroxylation is 2. The zero-order chi connectivity index (χ0) is 24.3. The van der Waals surface area contributed by atoms with Crippen LogP contribution in [-0.2, 0) is 14.8 Å². The first-order chi connectivity index (χ1) is 16.3. The summed E-state index contributed by atoms with van der Waals surface area (Å²) in [5, 5.41) is 3.47. The Bertz CT molecular complexity index is 1270. The quantitative estimate of drug-likeness (QED) is 0.538. The Labute approximate surface area is 206 Å². The van der Waals surface area contributed by atoms with Gasteiger partial charge in [-0.2, -0.15) is 4.31 Å². The Morgan fingerprint density at radius 2 is 1.62 bits per heavy atom. The summed E-state index contributed by atoms with van der Waals surface area (Å²) in [7, 11) is -3.66. The molecule has 1 N–H and O–H groups in total. The molecule has 6 nitrogen and oxygen atoms in total. The molecule has 3 aromatic carbocycles. The maximum atomic E-state index is 13.5. The predicted octanol–water partition coefficient (Wildman–Crippen LogP) is 4.64. The average Bonchev–Trinajstić information content (AvgIpc) is 2.83. The molecule has 1 aliphatic rings. The lowest BCUT2D eigenvalue weighted by Gasteiger charge is -2.38. The van der Waals surface area contributed by atoms with Crippen molar-refractivity contribution in [2.24, 2.45) is 0 Å². The second-order valence-electron chi connectivity index (χ2n) is 8.52. The van der Waals surface area contributed by atoms with Crippen LogP contribution in [-0.4, -0.2) is 49.7 Å². The van der Waals surface area contributed by atoms with E-state index in [9.17, 15) is 13.2 Å². The second-order valence-corrected chi connectivity index (χ2v) is 10.9. The molecule has 8 heteroatoms. The van der Waals surface area contributed by atoms with Crippen LogP contribution in [0, 0.1) is 13.8 Å². The molecule has 1 aliphatic heterocycles. The van der Waals surface area contributed by atoms with Gasteiger partial charge in [0.05, 0.1) is 4.90 Å². The van der Waals surface area contributed by atoms with Crippen LogP contribution < -0.4 is 5.32 Å². The first-order valence-corrected chi connectivity index (χ1v) is 13.0. The van der Waals surface area contributed by atoms with Gasteiger partial charge in [-0.1, -0.05) is 60.1 Å². The Morgan fingerprint density at radius 1 is 0.912 bits per heavy atom. The van der Waals surface area contributed by atoms with E-state index in [1.54, 1.807) is 18.2 Å². The van der Waals surface area contributed by atoms with Crippen LogP contribution in [0.1, 0.15) is 22.7 Å². The van der Waals surface area contributed by atoms with Crippen molar-refractivity contribution in [2.45, 2.75) is 24.8 Å². The number of nitrogens with zero attached hydrogens (tertiary/aromatic N) is 2. The van der Waals surface area contributed by atoms with Crippen LogP contribution in [0.4, 0.5) is 5.69 Å². The molecular formula is C26H28ClN3O3S. The lowest BCUT2D eigenvalue weighted by atomic mass is 10.0. The van der Waals surface area contributed by atoms with Gasteiger partial charge >= 0.3 is 0 Å². The van der Waals surface area contributed by atoms with Crippen molar-refractivity contribution in [3.8, 4) is 0 Å². The summed E-state index contributed by atoms with van der Waals surface area (Å²) in [6.07, 6.45) is 0. The van der Waals surface area contributed by atoms with E-state index in [4.69, 9.17) is 11.6 Å². The summed E-state index contributed by atoms with van der Waals surface area (Å²) >= 11 is 6.01. The number of amides is 1. The number of sulfonamides is 1. The van der Waals surface area contributed by atoms with E-state index in [1.165, 1.54) is 10.4 Å². The summed E-state index contributed by atoms with van der Waals surface area (Å²) in [6.45, 7) is 5.39. The highest BCUT2D eigenvalue weighted by Crippen LogP contribution is 2.27. The molecular weight excluding hydrogens is 470 g/mol. The highest BCUT2D eigenvalue weighted by molar-refractivity contribution is 7.89. The second kappa shape index (κ2) is 10.3. The zero-order valence-corrected chi connectivity index (χ0v) is 20.8. The SMILES string of the molecule is Cc1ccc(C)c(NC(=O)C(c2ccccc2)N2CCN(S(=O)(=O)c3cccc(Cl)c3)CC2)c1. The third kappa shape index (κ3) is 5.33. The van der Waals surface area contributed by atoms with Crippen LogP contribution in [0.2, 0.25) is 5.02 Å². The Kier molecular flexibility index (Phi) is 7.38. The van der Waals surface area contributed by atoms with Crippen LogP contribution in [0.5, 0.6) is 0 Å². The number of benzene rings is 3. The van der Waals surface area contributed by atoms with Gasteiger partial charge in [0.15, 0.2) is 0 Å². The van der Waals surface area contributed by atoms with Gasteiger partial charge in [-0.15, -0.1) is 0 Å². The van der Waals surface area contributed by atoms with Crippen LogP contribution in [0.25, 0.3) is 0 Å². The lowest BCUT2D eigenvalue weighted by Crippen LogP contribution is -2.51. The van der Waals surface area contributed by atoms with Gasteiger partial charge in [0.1, 0.15) is 6.04 Å². The largest absolute Gasteiger partial charge is 0.324 e. The molecule has 1 heterocycles. The van der Waals surface area contributed by atoms with E-state index >= 15 is 0 Å². The number of hydrogen-bond donors (Lipinski definition) is 1. The number of hydrogen-bond acceptors (Lipinski definition) is 4. The fraction of sp³-hybridized carbons (Fsp3) is 0.269. The van der Waals surface area contributed by atoms with Crippen molar-refractivity contribution in [1.82, 2.24) is 9.21 Å². The monoisotopic (exact) mass is 497 g/mol. The van der Waals surface area contributed by atoms with Crippen molar-refractivity contribution in [3.63, 3.8) is 0 Å². The van der Waals surface area contributed by atoms with Crippen molar-refractivity contribution in [2.75, 3.05) is 31.5 Å². The fourth-order valence-electron chi connectivity index (χ4n) is 4.21. The number of piperazine rings is 1. The predicted molar refractivity (Wildman–Crippen MR) is 136 cm³/mol. The maximum Gasteiger partial charge on any atom is 0.246 e. The number of nitrogens with one attached hydrogen (secondary N) is 1. The van der Waals surface area contributed by atoms with E-state index in [2.05, 4.69) is 5.32 Å². The van der Waals surface area contributed by atoms with Crippen molar-refractivity contribution >= 4 is 33.2 Å². The minimum atomic E-state index is -3.66. The summed E-state index contributed by atoms with van der Waals surface area (Å²) in [6, 6.07) is 21.3. The number of anilines is 1. The molecule has 1 fully saturated rings. The molecule has 0 spiro atoms. The molecule has 178 valence electrons. The highest BCUT2D eigenvalue weighted by Gasteiger charge is 2.34. The molecule has 0 aromatic heterocycles. The van der Waals surface area contributed by atoms with Crippen molar-refractivity contribution in [1.29, 1.82) is 0 Å². The Balaban J connectivity index is 1.54. The van der Waals surface area contributed by atoms with E-state index in [0.29, 0.717) is 18.1 Å². The molecule has 1 saturated heterocycles. The van der Waals surface area contributed by atoms with Crippen molar-refractivity contribution in [3.05, 3.63) is 94.5 Å². The summed E-state index contributed by atoms with van der Waals surface area (Å²) in [5.74, 6) is -0.133. The molecule has 0 aliphatic carbocycles. The number of halogens is 1. The Morgan fingerprint density at radius 3 is 2.29 bits per heavy atom. The summed E-state index contributed by atoms with van der Waals surface area (Å²) in [4.78, 5) is 15.7. The number of rotatable bonds is 6. The summed E-state index contributed by atoms with van der Waals surface area (Å²) < 4.78 is 27.7. The fourth-order valence-corrected chi connectivity index (χ4v) is 5.94. The minimum Gasteiger partial charge on any atom is -0.324 e. The standard InChI is InChI=1S/C26H28ClN3O3S/c1-19-11-12-20(2)24(17-19)28-26(31)25(21-7-4-3-5-8-21)29-13-15-30(16-14-29)34(32,33)23-10-6-9-22(27)18-23/h3-12,17-18,25H,13-16H2,1-2H3,(H,28,31). The van der Waals surface area contributed by atoms with Gasteiger partial charge in [0, 0.05) is 36.9 Å². The molecule has 0 radical (unpaired) electrons. The first kappa shape index (κ1) is 24.4. The third-order valence-electron chi connectivity index (χ3n) is 6.09. The van der Waals surface area contributed by atoms with Gasteiger partial charge in [-0.05, 0) is 54.8 Å². The molecule has 34 heavy (non-hydrogen) atoms. The van der Waals surface area contributed by atoms with E-state index in [1.807, 2.05) is 67.3 Å². The van der Waals surface area contributed by atoms with E-state index in [-0.39, 0.29) is 23.9 Å². The smallest absolute Gasteiger partial charge is 0.246 e. The normalized spacial score (nSPS) is 16.2. The van der Waals surface area contributed by atoms with Gasteiger partial charge in [0.25, 0.3) is 0 Å². The number of carbonyl (C=O) groups excluding carboxylic acids is 1. The molecule has 0 bridgehead atoms. The van der Waals surface area contributed by atoms with Gasteiger partial charge in [0.2, 0.25) is 15.9 Å². The Hall–Kier alpha value is -2.71. The van der Waals surface area contributed by atoms with E-state index in [0.717, 1.165) is 22.4 Å². The van der Waals surface area contributed by atoms with E-state index < -0.39 is 16.1 Å². The average molecular weight is 498 g/mol. The molecule has 4 rings (SSSR count). The van der Waals surface area contributed by atoms with Gasteiger partial charge in [-0.3, -0.25) is 9.69 Å². The maximum absolute atomic E-state index is 13.5. The zero-order valence-electron chi connectivity index (χ0n) is 19.2. The number of carbonyl (C=O) groups is 1. The molecule has 3 aromatic rings. The van der Waals surface area contributed by atoms with Crippen LogP contribution >= 0.6 is 11.6 Å². The molecule has 1 atom stereocenters. The summed E-state index contributed by atoms with van der Waals surface area (Å²) in [5.41, 5.74) is 3.71. The van der Waals surface area contributed by atoms with Gasteiger partial charge in [-0.25, -0.2) is 8.42 Å². The topological polar surface area (TPSA) is 69.7 Å². The van der Waals surface area contributed by atoms with Crippen LogP contribution in [0.3, 0.4) is 0 Å². The van der Waals surface area contributed by atoms with Crippen molar-refractivity contribution < 1.29 is 13.2 Å². The molecule has 0 saturated carbocycles. The van der Waals surface area contributed by atoms with Gasteiger partial charge < -0.3 is 5.32 Å². The highest BCUT2D eigenvalue weighted by atomic mass is 35.5. The molecule has 1 amide bonds. The molecule has 1 unspecified atom stereocenters. The third-order valence-corrected chi connectivity index (χ3v) is 8.22.